The van der Waals surface area contributed by atoms with E-state index in [1.807, 2.05) is 12.1 Å². The number of benzene rings is 6. The molecule has 0 unspecified atom stereocenters. The Bertz CT molecular complexity index is 2350. The van der Waals surface area contributed by atoms with Gasteiger partial charge in [-0.3, -0.25) is 10.1 Å². The van der Waals surface area contributed by atoms with Gasteiger partial charge in [0.15, 0.2) is 0 Å². The molecule has 0 aliphatic heterocycles. The number of nitro groups is 1. The molecule has 61 heavy (non-hydrogen) atoms. The zero-order valence-electron chi connectivity index (χ0n) is 38.0. The number of rotatable bonds is 22. The first-order chi connectivity index (χ1) is 29.7. The van der Waals surface area contributed by atoms with Gasteiger partial charge >= 0.3 is 0 Å². The molecular formula is C58H69NO2. The summed E-state index contributed by atoms with van der Waals surface area (Å²) in [5.74, 6) is 0.451. The Labute approximate surface area is 367 Å². The van der Waals surface area contributed by atoms with Crippen LogP contribution in [0.15, 0.2) is 121 Å². The summed E-state index contributed by atoms with van der Waals surface area (Å²) < 4.78 is 0. The second kappa shape index (κ2) is 22.5. The SMILES string of the molecule is CCCCc1c(CCc2ccccc2CCC)c(CCc2ccccc2CC)c(CCc2ccccc2C)c(Cc2ccc([N+](=O)[O-])cc2)c1CCc1ccccc1C(C)C. The van der Waals surface area contributed by atoms with Gasteiger partial charge in [-0.25, -0.2) is 0 Å². The molecule has 0 saturated heterocycles. The zero-order chi connectivity index (χ0) is 43.1. The maximum Gasteiger partial charge on any atom is 0.269 e. The van der Waals surface area contributed by atoms with Crippen LogP contribution in [0.1, 0.15) is 143 Å². The van der Waals surface area contributed by atoms with Gasteiger partial charge in [-0.2, -0.15) is 0 Å². The average Bonchev–Trinajstić information content (AvgIpc) is 3.27. The Morgan fingerprint density at radius 3 is 1.43 bits per heavy atom. The van der Waals surface area contributed by atoms with Gasteiger partial charge in [0.05, 0.1) is 4.92 Å². The minimum atomic E-state index is -0.280. The average molecular weight is 812 g/mol. The first-order valence-corrected chi connectivity index (χ1v) is 23.4. The quantitative estimate of drug-likeness (QED) is 0.0506. The molecule has 0 amide bonds. The lowest BCUT2D eigenvalue weighted by Gasteiger charge is -2.29. The summed E-state index contributed by atoms with van der Waals surface area (Å²) in [6.07, 6.45) is 15.3. The van der Waals surface area contributed by atoms with Crippen molar-refractivity contribution in [1.29, 1.82) is 0 Å². The molecule has 0 atom stereocenters. The Morgan fingerprint density at radius 1 is 0.459 bits per heavy atom. The van der Waals surface area contributed by atoms with Gasteiger partial charge in [0.2, 0.25) is 0 Å². The molecule has 0 N–H and O–H groups in total. The lowest BCUT2D eigenvalue weighted by atomic mass is 9.76. The van der Waals surface area contributed by atoms with Crippen LogP contribution in [0.2, 0.25) is 0 Å². The molecule has 0 aromatic heterocycles. The number of unbranched alkanes of at least 4 members (excludes halogenated alkanes) is 1. The summed E-state index contributed by atoms with van der Waals surface area (Å²) in [6, 6.07) is 43.6. The summed E-state index contributed by atoms with van der Waals surface area (Å²) >= 11 is 0. The highest BCUT2D eigenvalue weighted by atomic mass is 16.6. The smallest absolute Gasteiger partial charge is 0.258 e. The van der Waals surface area contributed by atoms with Crippen LogP contribution in [-0.2, 0) is 77.0 Å². The third-order valence-electron chi connectivity index (χ3n) is 13.1. The van der Waals surface area contributed by atoms with E-state index in [0.717, 1.165) is 102 Å². The second-order valence-corrected chi connectivity index (χ2v) is 17.5. The molecule has 0 heterocycles. The molecule has 6 aromatic rings. The summed E-state index contributed by atoms with van der Waals surface area (Å²) in [7, 11) is 0. The van der Waals surface area contributed by atoms with Crippen molar-refractivity contribution in [2.75, 3.05) is 0 Å². The van der Waals surface area contributed by atoms with Crippen LogP contribution in [0.3, 0.4) is 0 Å². The van der Waals surface area contributed by atoms with Gasteiger partial charge in [-0.15, -0.1) is 0 Å². The lowest BCUT2D eigenvalue weighted by Crippen LogP contribution is -2.18. The van der Waals surface area contributed by atoms with Crippen LogP contribution < -0.4 is 0 Å². The van der Waals surface area contributed by atoms with E-state index in [1.165, 1.54) is 61.2 Å². The largest absolute Gasteiger partial charge is 0.269 e. The third kappa shape index (κ3) is 11.8. The summed E-state index contributed by atoms with van der Waals surface area (Å²) in [5.41, 5.74) is 22.0. The van der Waals surface area contributed by atoms with E-state index in [9.17, 15) is 10.1 Å². The van der Waals surface area contributed by atoms with Gasteiger partial charge in [0.1, 0.15) is 0 Å². The molecule has 0 aliphatic rings. The molecule has 0 aliphatic carbocycles. The number of nitrogens with zero attached hydrogens (tertiary/aromatic N) is 1. The van der Waals surface area contributed by atoms with Crippen LogP contribution in [0.4, 0.5) is 5.69 Å². The predicted molar refractivity (Wildman–Crippen MR) is 259 cm³/mol. The van der Waals surface area contributed by atoms with Gasteiger partial charge < -0.3 is 0 Å². The van der Waals surface area contributed by atoms with Crippen molar-refractivity contribution in [2.24, 2.45) is 0 Å². The lowest BCUT2D eigenvalue weighted by molar-refractivity contribution is -0.384. The molecule has 318 valence electrons. The molecule has 6 rings (SSSR count). The number of hydrogen-bond acceptors (Lipinski definition) is 2. The molecule has 0 spiro atoms. The van der Waals surface area contributed by atoms with Crippen LogP contribution in [0.5, 0.6) is 0 Å². The Kier molecular flexibility index (Phi) is 16.7. The van der Waals surface area contributed by atoms with Crippen LogP contribution in [0, 0.1) is 17.0 Å². The maximum atomic E-state index is 11.8. The van der Waals surface area contributed by atoms with Gasteiger partial charge in [-0.1, -0.05) is 157 Å². The topological polar surface area (TPSA) is 43.1 Å². The standard InChI is InChI=1S/C58H69NO2/c1-7-10-27-53-54(39-33-49-25-16-15-23-47(49)19-8-2)55(38-32-48-24-14-13-21-45(48)9-3)57(37-31-46-22-12-11-20-43(46)6)58(41-44-29-35-51(36-30-44)59(60)61)56(53)40-34-50-26-17-18-28-52(50)42(4)5/h11-18,20-26,28-30,35-36,42H,7-10,19,27,31-34,37-41H2,1-6H3. The summed E-state index contributed by atoms with van der Waals surface area (Å²) in [4.78, 5) is 11.5. The van der Waals surface area contributed by atoms with Crippen molar-refractivity contribution in [3.63, 3.8) is 0 Å². The van der Waals surface area contributed by atoms with E-state index in [0.29, 0.717) is 5.92 Å². The highest BCUT2D eigenvalue weighted by Gasteiger charge is 2.25. The molecule has 0 fully saturated rings. The van der Waals surface area contributed by atoms with Crippen molar-refractivity contribution in [1.82, 2.24) is 0 Å². The Morgan fingerprint density at radius 2 is 0.902 bits per heavy atom. The molecule has 0 radical (unpaired) electrons. The van der Waals surface area contributed by atoms with Crippen molar-refractivity contribution in [3.05, 3.63) is 215 Å². The van der Waals surface area contributed by atoms with Crippen molar-refractivity contribution in [2.45, 2.75) is 144 Å². The minimum absolute atomic E-state index is 0.145. The number of non-ortho nitro benzene ring substituents is 1. The van der Waals surface area contributed by atoms with Gasteiger partial charge in [0, 0.05) is 12.1 Å². The van der Waals surface area contributed by atoms with Crippen LogP contribution >= 0.6 is 0 Å². The second-order valence-electron chi connectivity index (χ2n) is 17.5. The van der Waals surface area contributed by atoms with Crippen molar-refractivity contribution >= 4 is 5.69 Å². The normalized spacial score (nSPS) is 11.4. The maximum absolute atomic E-state index is 11.8. The van der Waals surface area contributed by atoms with E-state index >= 15 is 0 Å². The molecule has 0 bridgehead atoms. The third-order valence-corrected chi connectivity index (χ3v) is 13.1. The molecule has 3 heteroatoms. The first-order valence-electron chi connectivity index (χ1n) is 23.4. The van der Waals surface area contributed by atoms with Crippen LogP contribution in [0.25, 0.3) is 0 Å². The highest BCUT2D eigenvalue weighted by molar-refractivity contribution is 5.56. The van der Waals surface area contributed by atoms with E-state index in [-0.39, 0.29) is 10.6 Å². The molecule has 6 aromatic carbocycles. The zero-order valence-corrected chi connectivity index (χ0v) is 38.0. The minimum Gasteiger partial charge on any atom is -0.258 e. The van der Waals surface area contributed by atoms with Gasteiger partial charge in [-0.05, 0) is 180 Å². The van der Waals surface area contributed by atoms with E-state index < -0.39 is 0 Å². The molecule has 3 nitrogen and oxygen atoms in total. The fourth-order valence-corrected chi connectivity index (χ4v) is 9.82. The molecule has 0 saturated carbocycles. The van der Waals surface area contributed by atoms with E-state index in [1.54, 1.807) is 28.8 Å². The highest BCUT2D eigenvalue weighted by Crippen LogP contribution is 2.37. The van der Waals surface area contributed by atoms with Crippen LogP contribution in [-0.4, -0.2) is 4.92 Å². The number of nitro benzene ring substituents is 1. The van der Waals surface area contributed by atoms with Crippen molar-refractivity contribution in [3.8, 4) is 0 Å². The van der Waals surface area contributed by atoms with Crippen molar-refractivity contribution < 1.29 is 4.92 Å². The summed E-state index contributed by atoms with van der Waals surface area (Å²) in [5, 5.41) is 11.8. The summed E-state index contributed by atoms with van der Waals surface area (Å²) in [6.45, 7) is 13.8. The monoisotopic (exact) mass is 812 g/mol. The van der Waals surface area contributed by atoms with E-state index in [4.69, 9.17) is 0 Å². The number of aryl methyl sites for hydroxylation is 7. The molecular weight excluding hydrogens is 743 g/mol. The first kappa shape index (κ1) is 45.3. The Hall–Kier alpha value is -5.28. The van der Waals surface area contributed by atoms with E-state index in [2.05, 4.69) is 139 Å². The predicted octanol–water partition coefficient (Wildman–Crippen LogP) is 14.6. The fourth-order valence-electron chi connectivity index (χ4n) is 9.82. The van der Waals surface area contributed by atoms with Gasteiger partial charge in [0.25, 0.3) is 5.69 Å². The Balaban J connectivity index is 1.63. The fraction of sp³-hybridized carbons (Fsp3) is 0.379. The number of hydrogen-bond donors (Lipinski definition) is 0.